The van der Waals surface area contributed by atoms with Gasteiger partial charge in [-0.1, -0.05) is 13.8 Å². The third kappa shape index (κ3) is 6.76. The summed E-state index contributed by atoms with van der Waals surface area (Å²) in [6.07, 6.45) is 3.60. The molecule has 0 saturated carbocycles. The number of carbonyl (C=O) groups excluding carboxylic acids is 1. The zero-order chi connectivity index (χ0) is 15.7. The molecule has 0 aromatic heterocycles. The smallest absolute Gasteiger partial charge is 0.222 e. The molecule has 0 spiro atoms. The summed E-state index contributed by atoms with van der Waals surface area (Å²) >= 11 is 0. The minimum Gasteiger partial charge on any atom is -0.395 e. The summed E-state index contributed by atoms with van der Waals surface area (Å²) < 4.78 is 0. The predicted octanol–water partition coefficient (Wildman–Crippen LogP) is 0.914. The molecule has 0 radical (unpaired) electrons. The highest BCUT2D eigenvalue weighted by Crippen LogP contribution is 2.21. The maximum absolute atomic E-state index is 12.4. The van der Waals surface area contributed by atoms with Gasteiger partial charge in [-0.3, -0.25) is 9.69 Å². The minimum absolute atomic E-state index is 0.198. The lowest BCUT2D eigenvalue weighted by atomic mass is 9.88. The van der Waals surface area contributed by atoms with Crippen LogP contribution in [-0.4, -0.2) is 66.7 Å². The van der Waals surface area contributed by atoms with Crippen molar-refractivity contribution in [1.29, 1.82) is 0 Å². The monoisotopic (exact) mass is 299 g/mol. The van der Waals surface area contributed by atoms with E-state index in [1.165, 1.54) is 0 Å². The van der Waals surface area contributed by atoms with Crippen LogP contribution in [0.4, 0.5) is 0 Å². The fourth-order valence-corrected chi connectivity index (χ4v) is 3.08. The van der Waals surface area contributed by atoms with E-state index in [-0.39, 0.29) is 12.5 Å². The van der Waals surface area contributed by atoms with E-state index < -0.39 is 0 Å². The van der Waals surface area contributed by atoms with Crippen molar-refractivity contribution in [3.63, 3.8) is 0 Å². The SMILES string of the molecule is CC(C)C(CCN)CCC(=O)N1CCCN(CCO)CC1. The molecule has 5 heteroatoms. The number of carbonyl (C=O) groups is 1. The molecule has 1 atom stereocenters. The molecule has 124 valence electrons. The number of nitrogens with zero attached hydrogens (tertiary/aromatic N) is 2. The van der Waals surface area contributed by atoms with Gasteiger partial charge in [-0.15, -0.1) is 0 Å². The zero-order valence-electron chi connectivity index (χ0n) is 13.8. The van der Waals surface area contributed by atoms with Gasteiger partial charge in [0.15, 0.2) is 0 Å². The van der Waals surface area contributed by atoms with Crippen LogP contribution in [0.15, 0.2) is 0 Å². The summed E-state index contributed by atoms with van der Waals surface area (Å²) in [5, 5.41) is 9.00. The fourth-order valence-electron chi connectivity index (χ4n) is 3.08. The van der Waals surface area contributed by atoms with Crippen molar-refractivity contribution >= 4 is 5.91 Å². The van der Waals surface area contributed by atoms with Gasteiger partial charge in [-0.25, -0.2) is 0 Å². The van der Waals surface area contributed by atoms with Crippen molar-refractivity contribution < 1.29 is 9.90 Å². The molecule has 1 aliphatic heterocycles. The van der Waals surface area contributed by atoms with Gasteiger partial charge in [0, 0.05) is 32.6 Å². The summed E-state index contributed by atoms with van der Waals surface area (Å²) in [7, 11) is 0. The van der Waals surface area contributed by atoms with E-state index in [1.54, 1.807) is 0 Å². The van der Waals surface area contributed by atoms with Gasteiger partial charge in [0.1, 0.15) is 0 Å². The van der Waals surface area contributed by atoms with Gasteiger partial charge < -0.3 is 15.7 Å². The Morgan fingerprint density at radius 2 is 1.95 bits per heavy atom. The Morgan fingerprint density at radius 1 is 1.19 bits per heavy atom. The van der Waals surface area contributed by atoms with Crippen molar-refractivity contribution in [2.45, 2.75) is 39.5 Å². The maximum atomic E-state index is 12.4. The van der Waals surface area contributed by atoms with Crippen molar-refractivity contribution in [2.24, 2.45) is 17.6 Å². The Balaban J connectivity index is 2.37. The van der Waals surface area contributed by atoms with E-state index in [0.29, 0.717) is 31.3 Å². The van der Waals surface area contributed by atoms with Crippen LogP contribution >= 0.6 is 0 Å². The van der Waals surface area contributed by atoms with Crippen molar-refractivity contribution in [2.75, 3.05) is 45.9 Å². The molecule has 1 rings (SSSR count). The molecule has 1 fully saturated rings. The first-order valence-electron chi connectivity index (χ1n) is 8.39. The molecule has 1 amide bonds. The highest BCUT2D eigenvalue weighted by atomic mass is 16.3. The second kappa shape index (κ2) is 10.1. The van der Waals surface area contributed by atoms with Gasteiger partial charge in [0.05, 0.1) is 6.61 Å². The molecule has 0 aromatic rings. The average molecular weight is 299 g/mol. The number of amides is 1. The van der Waals surface area contributed by atoms with Crippen LogP contribution in [0.5, 0.6) is 0 Å². The Morgan fingerprint density at radius 3 is 2.57 bits per heavy atom. The number of aliphatic hydroxyl groups excluding tert-OH is 1. The molecule has 1 heterocycles. The van der Waals surface area contributed by atoms with Crippen LogP contribution in [0.1, 0.15) is 39.5 Å². The molecule has 1 aliphatic rings. The van der Waals surface area contributed by atoms with Crippen LogP contribution in [0, 0.1) is 11.8 Å². The summed E-state index contributed by atoms with van der Waals surface area (Å²) in [5.74, 6) is 1.42. The third-order valence-electron chi connectivity index (χ3n) is 4.57. The molecule has 5 nitrogen and oxygen atoms in total. The highest BCUT2D eigenvalue weighted by Gasteiger charge is 2.20. The molecular weight excluding hydrogens is 266 g/mol. The standard InChI is InChI=1S/C16H33N3O2/c1-14(2)15(6-7-17)4-5-16(21)19-9-3-8-18(10-11-19)12-13-20/h14-15,20H,3-13,17H2,1-2H3. The molecule has 0 aliphatic carbocycles. The summed E-state index contributed by atoms with van der Waals surface area (Å²) in [6.45, 7) is 9.54. The van der Waals surface area contributed by atoms with Crippen LogP contribution in [0.2, 0.25) is 0 Å². The van der Waals surface area contributed by atoms with Crippen LogP contribution in [-0.2, 0) is 4.79 Å². The molecule has 0 aromatic carbocycles. The van der Waals surface area contributed by atoms with Crippen molar-refractivity contribution in [3.05, 3.63) is 0 Å². The van der Waals surface area contributed by atoms with Crippen molar-refractivity contribution in [3.8, 4) is 0 Å². The Labute approximate surface area is 129 Å². The Bertz CT molecular complexity index is 297. The van der Waals surface area contributed by atoms with E-state index in [2.05, 4.69) is 18.7 Å². The molecule has 0 bridgehead atoms. The molecule has 1 unspecified atom stereocenters. The number of hydrogen-bond acceptors (Lipinski definition) is 4. The first-order valence-corrected chi connectivity index (χ1v) is 8.39. The van der Waals surface area contributed by atoms with E-state index in [4.69, 9.17) is 10.8 Å². The third-order valence-corrected chi connectivity index (χ3v) is 4.57. The summed E-state index contributed by atoms with van der Waals surface area (Å²) in [5.41, 5.74) is 5.66. The van der Waals surface area contributed by atoms with Gasteiger partial charge >= 0.3 is 0 Å². The first-order chi connectivity index (χ1) is 10.1. The number of aliphatic hydroxyl groups is 1. The van der Waals surface area contributed by atoms with Crippen LogP contribution in [0.3, 0.4) is 0 Å². The van der Waals surface area contributed by atoms with Gasteiger partial charge in [0.25, 0.3) is 0 Å². The van der Waals surface area contributed by atoms with Gasteiger partial charge in [-0.05, 0) is 44.2 Å². The van der Waals surface area contributed by atoms with E-state index in [0.717, 1.165) is 45.4 Å². The van der Waals surface area contributed by atoms with Crippen molar-refractivity contribution in [1.82, 2.24) is 9.80 Å². The van der Waals surface area contributed by atoms with Crippen LogP contribution in [0.25, 0.3) is 0 Å². The quantitative estimate of drug-likeness (QED) is 0.699. The number of nitrogens with two attached hydrogens (primary N) is 1. The molecule has 21 heavy (non-hydrogen) atoms. The molecule has 1 saturated heterocycles. The second-order valence-corrected chi connectivity index (χ2v) is 6.42. The average Bonchev–Trinajstić information content (AvgIpc) is 2.69. The Hall–Kier alpha value is -0.650. The Kier molecular flexibility index (Phi) is 8.88. The van der Waals surface area contributed by atoms with Crippen LogP contribution < -0.4 is 5.73 Å². The second-order valence-electron chi connectivity index (χ2n) is 6.42. The number of rotatable bonds is 8. The van der Waals surface area contributed by atoms with E-state index in [9.17, 15) is 4.79 Å². The maximum Gasteiger partial charge on any atom is 0.222 e. The number of hydrogen-bond donors (Lipinski definition) is 2. The first kappa shape index (κ1) is 18.4. The predicted molar refractivity (Wildman–Crippen MR) is 86.0 cm³/mol. The highest BCUT2D eigenvalue weighted by molar-refractivity contribution is 5.76. The lowest BCUT2D eigenvalue weighted by molar-refractivity contribution is -0.131. The van der Waals surface area contributed by atoms with E-state index >= 15 is 0 Å². The van der Waals surface area contributed by atoms with Gasteiger partial charge in [0.2, 0.25) is 5.91 Å². The minimum atomic E-state index is 0.198. The largest absolute Gasteiger partial charge is 0.395 e. The lowest BCUT2D eigenvalue weighted by Gasteiger charge is -2.24. The normalized spacial score (nSPS) is 18.8. The van der Waals surface area contributed by atoms with E-state index in [1.807, 2.05) is 4.90 Å². The number of β-amino-alcohol motifs (C(OH)–C–C–N with tert-alkyl or cyclic N) is 1. The fraction of sp³-hybridized carbons (Fsp3) is 0.938. The van der Waals surface area contributed by atoms with Gasteiger partial charge in [-0.2, -0.15) is 0 Å². The molecule has 3 N–H and O–H groups in total. The summed E-state index contributed by atoms with van der Waals surface area (Å²) in [4.78, 5) is 16.6. The molecular formula is C16H33N3O2. The summed E-state index contributed by atoms with van der Waals surface area (Å²) in [6, 6.07) is 0. The topological polar surface area (TPSA) is 69.8 Å². The zero-order valence-corrected chi connectivity index (χ0v) is 13.8. The lowest BCUT2D eigenvalue weighted by Crippen LogP contribution is -2.36.